The lowest BCUT2D eigenvalue weighted by Gasteiger charge is -2.28. The Morgan fingerprint density at radius 1 is 1.10 bits per heavy atom. The molecule has 1 aromatic heterocycles. The molecule has 1 aliphatic rings. The predicted octanol–water partition coefficient (Wildman–Crippen LogP) is 3.84. The highest BCUT2D eigenvalue weighted by Crippen LogP contribution is 2.35. The summed E-state index contributed by atoms with van der Waals surface area (Å²) in [6.07, 6.45) is 2.83. The molecule has 7 nitrogen and oxygen atoms in total. The summed E-state index contributed by atoms with van der Waals surface area (Å²) in [5.74, 6) is 0.653. The van der Waals surface area contributed by atoms with Crippen LogP contribution >= 0.6 is 0 Å². The van der Waals surface area contributed by atoms with E-state index in [0.29, 0.717) is 29.1 Å². The number of Topliss-reactive ketones (excluding diaryl/α,β-unsaturated/α-hetero) is 1. The quantitative estimate of drug-likeness (QED) is 0.671. The van der Waals surface area contributed by atoms with Gasteiger partial charge < -0.3 is 4.74 Å². The summed E-state index contributed by atoms with van der Waals surface area (Å²) in [4.78, 5) is 12.5. The second kappa shape index (κ2) is 7.28. The number of aromatic nitrogens is 2. The molecule has 156 valence electrons. The van der Waals surface area contributed by atoms with Gasteiger partial charge in [-0.25, -0.2) is 13.1 Å². The van der Waals surface area contributed by atoms with E-state index < -0.39 is 10.0 Å². The van der Waals surface area contributed by atoms with E-state index in [-0.39, 0.29) is 16.1 Å². The molecule has 0 saturated heterocycles. The molecule has 3 aromatic rings. The molecule has 8 heteroatoms. The lowest BCUT2D eigenvalue weighted by atomic mass is 9.76. The number of carbonyl (C=O) groups is 1. The topological polar surface area (TPSA) is 90.3 Å². The number of rotatable bonds is 5. The van der Waals surface area contributed by atoms with E-state index in [1.165, 1.54) is 19.2 Å². The number of nitrogens with zero attached hydrogens (tertiary/aromatic N) is 2. The highest BCUT2D eigenvalue weighted by atomic mass is 32.2. The van der Waals surface area contributed by atoms with Gasteiger partial charge in [0, 0.05) is 12.5 Å². The van der Waals surface area contributed by atoms with Crippen molar-refractivity contribution in [2.24, 2.45) is 5.41 Å². The smallest absolute Gasteiger partial charge is 0.261 e. The van der Waals surface area contributed by atoms with E-state index in [0.717, 1.165) is 12.1 Å². The van der Waals surface area contributed by atoms with Crippen molar-refractivity contribution in [3.63, 3.8) is 0 Å². The molecule has 0 unspecified atom stereocenters. The molecule has 1 heterocycles. The van der Waals surface area contributed by atoms with Gasteiger partial charge in [-0.15, -0.1) is 0 Å². The van der Waals surface area contributed by atoms with E-state index in [9.17, 15) is 13.2 Å². The van der Waals surface area contributed by atoms with Gasteiger partial charge >= 0.3 is 0 Å². The maximum atomic E-state index is 12.7. The van der Waals surface area contributed by atoms with Crippen molar-refractivity contribution >= 4 is 21.5 Å². The lowest BCUT2D eigenvalue weighted by molar-refractivity contribution is 0.0911. The monoisotopic (exact) mass is 425 g/mol. The fraction of sp³-hybridized carbons (Fsp3) is 0.273. The highest BCUT2D eigenvalue weighted by molar-refractivity contribution is 7.92. The number of sulfonamides is 1. The first-order chi connectivity index (χ1) is 14.2. The maximum absolute atomic E-state index is 12.7. The number of fused-ring (bicyclic) bond motifs is 1. The lowest BCUT2D eigenvalue weighted by Crippen LogP contribution is -2.27. The summed E-state index contributed by atoms with van der Waals surface area (Å²) in [5, 5.41) is 4.38. The molecule has 0 bridgehead atoms. The van der Waals surface area contributed by atoms with Crippen molar-refractivity contribution in [1.82, 2.24) is 9.78 Å². The maximum Gasteiger partial charge on any atom is 0.261 e. The molecule has 1 N–H and O–H groups in total. The van der Waals surface area contributed by atoms with Gasteiger partial charge in [-0.3, -0.25) is 9.52 Å². The Morgan fingerprint density at radius 2 is 1.83 bits per heavy atom. The molecule has 30 heavy (non-hydrogen) atoms. The zero-order chi connectivity index (χ0) is 21.5. The Bertz CT molecular complexity index is 1210. The summed E-state index contributed by atoms with van der Waals surface area (Å²) < 4.78 is 34.9. The second-order valence-electron chi connectivity index (χ2n) is 8.19. The largest absolute Gasteiger partial charge is 0.497 e. The van der Waals surface area contributed by atoms with Crippen LogP contribution in [0.2, 0.25) is 0 Å². The van der Waals surface area contributed by atoms with Crippen LogP contribution in [0.3, 0.4) is 0 Å². The van der Waals surface area contributed by atoms with Gasteiger partial charge in [0.2, 0.25) is 0 Å². The number of ketones is 1. The Hall–Kier alpha value is -3.13. The van der Waals surface area contributed by atoms with Gasteiger partial charge in [0.25, 0.3) is 10.0 Å². The first-order valence-corrected chi connectivity index (χ1v) is 11.0. The summed E-state index contributed by atoms with van der Waals surface area (Å²) in [7, 11) is -2.24. The summed E-state index contributed by atoms with van der Waals surface area (Å²) >= 11 is 0. The molecule has 0 saturated carbocycles. The van der Waals surface area contributed by atoms with Crippen molar-refractivity contribution in [2.75, 3.05) is 11.8 Å². The molecule has 1 aliphatic carbocycles. The van der Waals surface area contributed by atoms with Crippen LogP contribution < -0.4 is 9.46 Å². The zero-order valence-corrected chi connectivity index (χ0v) is 17.9. The van der Waals surface area contributed by atoms with Crippen LogP contribution in [0.1, 0.15) is 36.3 Å². The van der Waals surface area contributed by atoms with Gasteiger partial charge in [0.1, 0.15) is 5.75 Å². The second-order valence-corrected chi connectivity index (χ2v) is 9.87. The number of nitrogens with one attached hydrogen (secondary N) is 1. The Balaban J connectivity index is 1.62. The van der Waals surface area contributed by atoms with Gasteiger partial charge in [0.05, 0.1) is 40.8 Å². The van der Waals surface area contributed by atoms with Gasteiger partial charge in [-0.2, -0.15) is 5.10 Å². The highest BCUT2D eigenvalue weighted by Gasteiger charge is 2.34. The van der Waals surface area contributed by atoms with Crippen LogP contribution in [0.4, 0.5) is 5.69 Å². The number of hydrogen-bond donors (Lipinski definition) is 1. The normalized spacial score (nSPS) is 15.5. The molecule has 2 aromatic carbocycles. The molecule has 4 rings (SSSR count). The third kappa shape index (κ3) is 3.82. The van der Waals surface area contributed by atoms with E-state index in [1.807, 2.05) is 0 Å². The van der Waals surface area contributed by atoms with E-state index in [2.05, 4.69) is 23.7 Å². The fourth-order valence-corrected chi connectivity index (χ4v) is 4.76. The van der Waals surface area contributed by atoms with Crippen molar-refractivity contribution in [2.45, 2.75) is 31.6 Å². The van der Waals surface area contributed by atoms with Crippen molar-refractivity contribution in [3.05, 3.63) is 66.0 Å². The molecule has 0 fully saturated rings. The number of hydrogen-bond acceptors (Lipinski definition) is 5. The number of ether oxygens (including phenoxy) is 1. The number of benzene rings is 2. The number of carbonyl (C=O) groups excluding carboxylic acids is 1. The zero-order valence-electron chi connectivity index (χ0n) is 17.0. The SMILES string of the molecule is COc1cccc(NS(=O)(=O)c2ccc(-n3ncc4c3CC(C)(C)CC4=O)cc2)c1. The first-order valence-electron chi connectivity index (χ1n) is 9.56. The minimum absolute atomic E-state index is 0.0918. The number of anilines is 1. The standard InChI is InChI=1S/C22H23N3O4S/c1-22(2)12-20-19(21(26)13-22)14-23-25(20)16-7-9-18(10-8-16)30(27,28)24-15-5-4-6-17(11-15)29-3/h4-11,14,24H,12-13H2,1-3H3. The minimum Gasteiger partial charge on any atom is -0.497 e. The summed E-state index contributed by atoms with van der Waals surface area (Å²) in [5.41, 5.74) is 2.50. The third-order valence-electron chi connectivity index (χ3n) is 5.17. The van der Waals surface area contributed by atoms with Crippen molar-refractivity contribution in [3.8, 4) is 11.4 Å². The number of methoxy groups -OCH3 is 1. The average molecular weight is 426 g/mol. The van der Waals surface area contributed by atoms with E-state index >= 15 is 0 Å². The molecular weight excluding hydrogens is 402 g/mol. The van der Waals surface area contributed by atoms with Crippen LogP contribution in [0.25, 0.3) is 5.69 Å². The fourth-order valence-electron chi connectivity index (χ4n) is 3.71. The third-order valence-corrected chi connectivity index (χ3v) is 6.57. The molecule has 0 aliphatic heterocycles. The van der Waals surface area contributed by atoms with Crippen molar-refractivity contribution < 1.29 is 17.9 Å². The Morgan fingerprint density at radius 3 is 2.53 bits per heavy atom. The van der Waals surface area contributed by atoms with Crippen LogP contribution in [0, 0.1) is 5.41 Å². The molecule has 0 spiro atoms. The molecular formula is C22H23N3O4S. The van der Waals surface area contributed by atoms with Crippen molar-refractivity contribution in [1.29, 1.82) is 0 Å². The van der Waals surface area contributed by atoms with E-state index in [1.54, 1.807) is 47.3 Å². The summed E-state index contributed by atoms with van der Waals surface area (Å²) in [6, 6.07) is 13.2. The van der Waals surface area contributed by atoms with Crippen LogP contribution in [-0.2, 0) is 16.4 Å². The molecule has 0 amide bonds. The predicted molar refractivity (Wildman–Crippen MR) is 114 cm³/mol. The van der Waals surface area contributed by atoms with Gasteiger partial charge in [-0.1, -0.05) is 19.9 Å². The Kier molecular flexibility index (Phi) is 4.89. The first kappa shape index (κ1) is 20.2. The summed E-state index contributed by atoms with van der Waals surface area (Å²) in [6.45, 7) is 4.12. The van der Waals surface area contributed by atoms with Crippen LogP contribution in [0.15, 0.2) is 59.6 Å². The van der Waals surface area contributed by atoms with Gasteiger partial charge in [0.15, 0.2) is 5.78 Å². The molecule has 0 atom stereocenters. The Labute approximate surface area is 175 Å². The average Bonchev–Trinajstić information content (AvgIpc) is 3.10. The van der Waals surface area contributed by atoms with Crippen LogP contribution in [-0.4, -0.2) is 31.1 Å². The molecule has 0 radical (unpaired) electrons. The van der Waals surface area contributed by atoms with Gasteiger partial charge in [-0.05, 0) is 48.2 Å². The minimum atomic E-state index is -3.76. The van der Waals surface area contributed by atoms with E-state index in [4.69, 9.17) is 4.74 Å². The van der Waals surface area contributed by atoms with Crippen LogP contribution in [0.5, 0.6) is 5.75 Å².